The van der Waals surface area contributed by atoms with E-state index in [1.165, 1.54) is 0 Å². The molecule has 88 valence electrons. The Balaban J connectivity index is 3.66. The van der Waals surface area contributed by atoms with Crippen molar-refractivity contribution in [1.29, 1.82) is 0 Å². The zero-order chi connectivity index (χ0) is 11.8. The van der Waals surface area contributed by atoms with Crippen LogP contribution in [0.4, 0.5) is 0 Å². The second-order valence-electron chi connectivity index (χ2n) is 3.35. The van der Waals surface area contributed by atoms with Crippen molar-refractivity contribution in [2.24, 2.45) is 0 Å². The summed E-state index contributed by atoms with van der Waals surface area (Å²) < 4.78 is 9.93. The Morgan fingerprint density at radius 2 is 2.00 bits per heavy atom. The van der Waals surface area contributed by atoms with Crippen molar-refractivity contribution >= 4 is 5.97 Å². The van der Waals surface area contributed by atoms with E-state index in [2.05, 4.69) is 6.58 Å². The number of carbonyl (C=O) groups excluding carboxylic acids is 1. The Kier molecular flexibility index (Phi) is 6.94. The molecule has 2 unspecified atom stereocenters. The first-order valence-corrected chi connectivity index (χ1v) is 4.72. The lowest BCUT2D eigenvalue weighted by atomic mass is 10.3. The van der Waals surface area contributed by atoms with Crippen LogP contribution in [0.1, 0.15) is 13.8 Å². The van der Waals surface area contributed by atoms with E-state index in [1.807, 2.05) is 0 Å². The highest BCUT2D eigenvalue weighted by Gasteiger charge is 2.10. The number of esters is 1. The van der Waals surface area contributed by atoms with Crippen molar-refractivity contribution in [2.75, 3.05) is 19.8 Å². The SMILES string of the molecule is C=C(CO)C(=O)OCC(C)OCC(C)O. The van der Waals surface area contributed by atoms with Gasteiger partial charge < -0.3 is 19.7 Å². The molecule has 5 heteroatoms. The fourth-order valence-electron chi connectivity index (χ4n) is 0.711. The van der Waals surface area contributed by atoms with Gasteiger partial charge in [0.15, 0.2) is 0 Å². The van der Waals surface area contributed by atoms with Gasteiger partial charge in [-0.2, -0.15) is 0 Å². The molecule has 2 atom stereocenters. The maximum Gasteiger partial charge on any atom is 0.335 e. The number of hydrogen-bond donors (Lipinski definition) is 2. The van der Waals surface area contributed by atoms with Crippen LogP contribution < -0.4 is 0 Å². The summed E-state index contributed by atoms with van der Waals surface area (Å²) in [6.07, 6.45) is -0.842. The van der Waals surface area contributed by atoms with Crippen molar-refractivity contribution in [3.8, 4) is 0 Å². The minimum Gasteiger partial charge on any atom is -0.460 e. The largest absolute Gasteiger partial charge is 0.460 e. The molecule has 0 fully saturated rings. The Hall–Kier alpha value is -0.910. The van der Waals surface area contributed by atoms with Crippen LogP contribution in [0.25, 0.3) is 0 Å². The fourth-order valence-corrected chi connectivity index (χ4v) is 0.711. The minimum absolute atomic E-state index is 0.0118. The smallest absolute Gasteiger partial charge is 0.335 e. The Labute approximate surface area is 89.3 Å². The molecular weight excluding hydrogens is 200 g/mol. The molecule has 0 spiro atoms. The fraction of sp³-hybridized carbons (Fsp3) is 0.700. The number of aliphatic hydroxyl groups excluding tert-OH is 2. The molecule has 0 aliphatic heterocycles. The molecule has 0 radical (unpaired) electrons. The molecule has 15 heavy (non-hydrogen) atoms. The summed E-state index contributed by atoms with van der Waals surface area (Å²) in [6, 6.07) is 0. The summed E-state index contributed by atoms with van der Waals surface area (Å²) in [6.45, 7) is 6.50. The molecule has 0 rings (SSSR count). The van der Waals surface area contributed by atoms with Gasteiger partial charge >= 0.3 is 5.97 Å². The highest BCUT2D eigenvalue weighted by Crippen LogP contribution is 1.98. The molecule has 5 nitrogen and oxygen atoms in total. The Morgan fingerprint density at radius 1 is 1.40 bits per heavy atom. The molecule has 0 aromatic carbocycles. The number of carbonyl (C=O) groups is 1. The molecule has 2 N–H and O–H groups in total. The predicted molar refractivity (Wildman–Crippen MR) is 54.3 cm³/mol. The maximum absolute atomic E-state index is 11.0. The van der Waals surface area contributed by atoms with Crippen LogP contribution >= 0.6 is 0 Å². The van der Waals surface area contributed by atoms with E-state index in [1.54, 1.807) is 13.8 Å². The van der Waals surface area contributed by atoms with Gasteiger partial charge in [-0.25, -0.2) is 4.79 Å². The lowest BCUT2D eigenvalue weighted by molar-refractivity contribution is -0.143. The third-order valence-corrected chi connectivity index (χ3v) is 1.55. The summed E-state index contributed by atoms with van der Waals surface area (Å²) in [7, 11) is 0. The quantitative estimate of drug-likeness (QED) is 0.459. The van der Waals surface area contributed by atoms with Gasteiger partial charge in [-0.1, -0.05) is 6.58 Å². The van der Waals surface area contributed by atoms with E-state index in [-0.39, 0.29) is 24.9 Å². The molecule has 0 amide bonds. The number of hydrogen-bond acceptors (Lipinski definition) is 5. The van der Waals surface area contributed by atoms with Crippen LogP contribution in [0.5, 0.6) is 0 Å². The molecular formula is C10H18O5. The van der Waals surface area contributed by atoms with Crippen molar-refractivity contribution in [1.82, 2.24) is 0 Å². The summed E-state index contributed by atoms with van der Waals surface area (Å²) in [4.78, 5) is 11.0. The van der Waals surface area contributed by atoms with Crippen molar-refractivity contribution in [2.45, 2.75) is 26.1 Å². The van der Waals surface area contributed by atoms with Gasteiger partial charge in [-0.3, -0.25) is 0 Å². The van der Waals surface area contributed by atoms with Crippen LogP contribution in [0.2, 0.25) is 0 Å². The van der Waals surface area contributed by atoms with Gasteiger partial charge in [-0.15, -0.1) is 0 Å². The van der Waals surface area contributed by atoms with Crippen LogP contribution in [0, 0.1) is 0 Å². The van der Waals surface area contributed by atoms with E-state index in [4.69, 9.17) is 19.7 Å². The highest BCUT2D eigenvalue weighted by atomic mass is 16.6. The van der Waals surface area contributed by atoms with Gasteiger partial charge in [-0.05, 0) is 13.8 Å². The first-order chi connectivity index (χ1) is 6.97. The zero-order valence-electron chi connectivity index (χ0n) is 9.10. The number of aliphatic hydroxyl groups is 2. The highest BCUT2D eigenvalue weighted by molar-refractivity contribution is 5.87. The molecule has 0 aromatic heterocycles. The normalized spacial score (nSPS) is 14.4. The van der Waals surface area contributed by atoms with Gasteiger partial charge in [0.25, 0.3) is 0 Å². The third-order valence-electron chi connectivity index (χ3n) is 1.55. The minimum atomic E-state index is -0.634. The maximum atomic E-state index is 11.0. The first kappa shape index (κ1) is 14.1. The molecule has 0 bridgehead atoms. The standard InChI is InChI=1S/C10H18O5/c1-7(4-11)10(13)15-6-9(3)14-5-8(2)12/h8-9,11-12H,1,4-6H2,2-3H3. The third kappa shape index (κ3) is 7.07. The van der Waals surface area contributed by atoms with Crippen LogP contribution in [-0.2, 0) is 14.3 Å². The molecule has 0 saturated heterocycles. The summed E-state index contributed by atoms with van der Waals surface area (Å²) >= 11 is 0. The van der Waals surface area contributed by atoms with Gasteiger partial charge in [0.2, 0.25) is 0 Å². The Morgan fingerprint density at radius 3 is 2.47 bits per heavy atom. The molecule has 0 aromatic rings. The van der Waals surface area contributed by atoms with E-state index >= 15 is 0 Å². The van der Waals surface area contributed by atoms with Gasteiger partial charge in [0.05, 0.1) is 31.0 Å². The second-order valence-corrected chi connectivity index (χ2v) is 3.35. The average molecular weight is 218 g/mol. The molecule has 0 saturated carbocycles. The second kappa shape index (κ2) is 7.39. The van der Waals surface area contributed by atoms with Crippen molar-refractivity contribution in [3.63, 3.8) is 0 Å². The first-order valence-electron chi connectivity index (χ1n) is 4.72. The summed E-state index contributed by atoms with van der Waals surface area (Å²) in [5.41, 5.74) is 0.0118. The van der Waals surface area contributed by atoms with Crippen LogP contribution in [0.3, 0.4) is 0 Å². The number of ether oxygens (including phenoxy) is 2. The summed E-state index contributed by atoms with van der Waals surface area (Å²) in [5, 5.41) is 17.5. The van der Waals surface area contributed by atoms with E-state index in [0.717, 1.165) is 0 Å². The van der Waals surface area contributed by atoms with Crippen molar-refractivity contribution < 1.29 is 24.5 Å². The average Bonchev–Trinajstić information content (AvgIpc) is 2.21. The molecule has 0 heterocycles. The van der Waals surface area contributed by atoms with Gasteiger partial charge in [0, 0.05) is 0 Å². The monoisotopic (exact) mass is 218 g/mol. The van der Waals surface area contributed by atoms with E-state index in [9.17, 15) is 4.79 Å². The van der Waals surface area contributed by atoms with Gasteiger partial charge in [0.1, 0.15) is 6.61 Å². The number of rotatable bonds is 7. The topological polar surface area (TPSA) is 76.0 Å². The lowest BCUT2D eigenvalue weighted by Crippen LogP contribution is -2.23. The van der Waals surface area contributed by atoms with E-state index in [0.29, 0.717) is 0 Å². The molecule has 0 aliphatic rings. The zero-order valence-corrected chi connectivity index (χ0v) is 9.10. The summed E-state index contributed by atoms with van der Waals surface area (Å²) in [5.74, 6) is -0.634. The van der Waals surface area contributed by atoms with Crippen LogP contribution in [-0.4, -0.2) is 48.2 Å². The van der Waals surface area contributed by atoms with Crippen LogP contribution in [0.15, 0.2) is 12.2 Å². The predicted octanol–water partition coefficient (Wildman–Crippen LogP) is -0.136. The lowest BCUT2D eigenvalue weighted by Gasteiger charge is -2.14. The van der Waals surface area contributed by atoms with Crippen molar-refractivity contribution in [3.05, 3.63) is 12.2 Å². The Bertz CT molecular complexity index is 212. The van der Waals surface area contributed by atoms with E-state index < -0.39 is 18.7 Å². The molecule has 0 aliphatic carbocycles.